The van der Waals surface area contributed by atoms with Gasteiger partial charge in [0.05, 0.1) is 6.61 Å². The summed E-state index contributed by atoms with van der Waals surface area (Å²) < 4.78 is 27.5. The maximum Gasteiger partial charge on any atom is 0.472 e. The van der Waals surface area contributed by atoms with E-state index < -0.39 is 43.2 Å². The summed E-state index contributed by atoms with van der Waals surface area (Å²) in [7, 11) is -4.33. The molecule has 4 N–H and O–H groups in total. The monoisotopic (exact) mass is 374 g/mol. The van der Waals surface area contributed by atoms with Gasteiger partial charge >= 0.3 is 13.8 Å². The number of nitrogens with zero attached hydrogens (tertiary/aromatic N) is 5. The van der Waals surface area contributed by atoms with Gasteiger partial charge in [-0.15, -0.1) is 0 Å². The van der Waals surface area contributed by atoms with Gasteiger partial charge in [0.2, 0.25) is 17.4 Å². The Labute approximate surface area is 137 Å². The van der Waals surface area contributed by atoms with Crippen molar-refractivity contribution in [2.75, 3.05) is 12.3 Å². The highest BCUT2D eigenvalue weighted by molar-refractivity contribution is 7.47. The van der Waals surface area contributed by atoms with Gasteiger partial charge in [0.15, 0.2) is 5.82 Å². The number of phosphoric ester groups is 1. The summed E-state index contributed by atoms with van der Waals surface area (Å²) in [5.74, 6) is -0.769. The van der Waals surface area contributed by atoms with E-state index in [9.17, 15) is 24.7 Å². The van der Waals surface area contributed by atoms with Crippen molar-refractivity contribution in [3.8, 4) is 0 Å². The van der Waals surface area contributed by atoms with Crippen LogP contribution in [0.5, 0.6) is 0 Å². The highest BCUT2D eigenvalue weighted by Gasteiger charge is 2.55. The Morgan fingerprint density at radius 1 is 1.48 bits per heavy atom. The van der Waals surface area contributed by atoms with Crippen molar-refractivity contribution in [1.29, 1.82) is 0 Å². The lowest BCUT2D eigenvalue weighted by Gasteiger charge is -2.27. The lowest BCUT2D eigenvalue weighted by Crippen LogP contribution is -2.39. The summed E-state index contributed by atoms with van der Waals surface area (Å²) >= 11 is 0. The summed E-state index contributed by atoms with van der Waals surface area (Å²) in [4.78, 5) is 31.3. The molecule has 2 aliphatic heterocycles. The number of hydrogen-bond acceptors (Lipinski definition) is 11. The maximum absolute atomic E-state index is 11.5. The molecular weight excluding hydrogens is 363 g/mol. The molecule has 0 aliphatic carbocycles. The molecule has 15 heteroatoms. The van der Waals surface area contributed by atoms with Crippen LogP contribution in [0.25, 0.3) is 11.2 Å². The van der Waals surface area contributed by atoms with E-state index in [1.54, 1.807) is 0 Å². The standard InChI is InChI=1S/C10H11N6O8P/c11-7-4-8(13-2-12-7)15(10(14-4)16(18)19)9-5(17)6-3(23-9)1-22-25(20,21)24-6/h2-3,5-6,9,17H,1H2,(H,20,21)(H2,11,12,13). The predicted molar refractivity (Wildman–Crippen MR) is 77.0 cm³/mol. The van der Waals surface area contributed by atoms with Gasteiger partial charge in [-0.05, 0) is 4.92 Å². The van der Waals surface area contributed by atoms with Crippen molar-refractivity contribution in [2.24, 2.45) is 0 Å². The zero-order chi connectivity index (χ0) is 17.9. The second-order valence-electron chi connectivity index (χ2n) is 5.36. The number of ether oxygens (including phenoxy) is 1. The molecule has 14 nitrogen and oxygen atoms in total. The molecule has 25 heavy (non-hydrogen) atoms. The number of nitro groups is 1. The van der Waals surface area contributed by atoms with Crippen LogP contribution in [-0.2, 0) is 18.3 Å². The van der Waals surface area contributed by atoms with Crippen LogP contribution in [0.1, 0.15) is 6.23 Å². The van der Waals surface area contributed by atoms with E-state index in [1.165, 1.54) is 0 Å². The molecular formula is C10H11N6O8P. The first kappa shape index (κ1) is 16.3. The molecule has 2 saturated heterocycles. The molecule has 5 atom stereocenters. The minimum Gasteiger partial charge on any atom is -0.390 e. The summed E-state index contributed by atoms with van der Waals surface area (Å²) in [5.41, 5.74) is 5.59. The number of rotatable bonds is 2. The summed E-state index contributed by atoms with van der Waals surface area (Å²) in [6, 6.07) is 0. The third kappa shape index (κ3) is 2.47. The highest BCUT2D eigenvalue weighted by Crippen LogP contribution is 2.52. The van der Waals surface area contributed by atoms with E-state index in [1.807, 2.05) is 0 Å². The van der Waals surface area contributed by atoms with Gasteiger partial charge < -0.3 is 30.6 Å². The molecule has 2 aromatic heterocycles. The predicted octanol–water partition coefficient (Wildman–Crippen LogP) is -0.909. The summed E-state index contributed by atoms with van der Waals surface area (Å²) in [5, 5.41) is 21.8. The minimum atomic E-state index is -4.33. The quantitative estimate of drug-likeness (QED) is 0.333. The molecule has 2 aromatic rings. The number of hydrogen-bond donors (Lipinski definition) is 3. The Morgan fingerprint density at radius 2 is 2.24 bits per heavy atom. The van der Waals surface area contributed by atoms with Gasteiger partial charge in [0, 0.05) is 0 Å². The van der Waals surface area contributed by atoms with Crippen LogP contribution in [0, 0.1) is 10.1 Å². The molecule has 4 rings (SSSR count). The number of phosphoric acid groups is 1. The SMILES string of the molecule is Nc1ncnc2c1nc([N+](=O)[O-])n2C1OC2COP(=O)(O)OC2C1O. The normalized spacial score (nSPS) is 35.0. The molecule has 2 fully saturated rings. The first-order valence-electron chi connectivity index (χ1n) is 6.90. The van der Waals surface area contributed by atoms with Gasteiger partial charge in [-0.2, -0.15) is 4.57 Å². The van der Waals surface area contributed by atoms with Crippen molar-refractivity contribution in [1.82, 2.24) is 19.5 Å². The molecule has 2 aliphatic rings. The Bertz CT molecular complexity index is 918. The van der Waals surface area contributed by atoms with E-state index in [0.29, 0.717) is 0 Å². The van der Waals surface area contributed by atoms with Crippen molar-refractivity contribution >= 4 is 30.8 Å². The molecule has 4 heterocycles. The Morgan fingerprint density at radius 3 is 2.96 bits per heavy atom. The number of anilines is 1. The fraction of sp³-hybridized carbons (Fsp3) is 0.500. The van der Waals surface area contributed by atoms with Crippen LogP contribution in [0.3, 0.4) is 0 Å². The van der Waals surface area contributed by atoms with E-state index >= 15 is 0 Å². The van der Waals surface area contributed by atoms with Gasteiger partial charge in [-0.1, -0.05) is 4.98 Å². The van der Waals surface area contributed by atoms with Crippen molar-refractivity contribution in [3.05, 3.63) is 16.4 Å². The van der Waals surface area contributed by atoms with Crippen LogP contribution < -0.4 is 5.73 Å². The maximum atomic E-state index is 11.5. The molecule has 0 saturated carbocycles. The molecule has 0 aromatic carbocycles. The summed E-state index contributed by atoms with van der Waals surface area (Å²) in [6.45, 7) is -0.330. The third-order valence-corrected chi connectivity index (χ3v) is 4.86. The number of fused-ring (bicyclic) bond motifs is 2. The average Bonchev–Trinajstić information content (AvgIpc) is 3.06. The van der Waals surface area contributed by atoms with Crippen LogP contribution >= 0.6 is 7.82 Å². The number of imidazole rings is 1. The molecule has 0 radical (unpaired) electrons. The minimum absolute atomic E-state index is 0.0324. The van der Waals surface area contributed by atoms with Gasteiger partial charge in [0.1, 0.15) is 24.6 Å². The van der Waals surface area contributed by atoms with Crippen LogP contribution in [0.2, 0.25) is 0 Å². The van der Waals surface area contributed by atoms with Crippen LogP contribution in [0.15, 0.2) is 6.33 Å². The second kappa shape index (κ2) is 5.39. The van der Waals surface area contributed by atoms with Crippen molar-refractivity contribution in [2.45, 2.75) is 24.5 Å². The molecule has 0 spiro atoms. The fourth-order valence-electron chi connectivity index (χ4n) is 2.83. The topological polar surface area (TPSA) is 198 Å². The first-order valence-corrected chi connectivity index (χ1v) is 8.40. The highest BCUT2D eigenvalue weighted by atomic mass is 31.2. The number of aliphatic hydroxyl groups is 1. The first-order chi connectivity index (χ1) is 11.8. The van der Waals surface area contributed by atoms with E-state index in [4.69, 9.17) is 15.0 Å². The van der Waals surface area contributed by atoms with Crippen LogP contribution in [0.4, 0.5) is 11.8 Å². The Kier molecular flexibility index (Phi) is 3.50. The zero-order valence-corrected chi connectivity index (χ0v) is 13.1. The van der Waals surface area contributed by atoms with Gasteiger partial charge in [-0.3, -0.25) is 9.05 Å². The van der Waals surface area contributed by atoms with Crippen molar-refractivity contribution < 1.29 is 33.3 Å². The lowest BCUT2D eigenvalue weighted by molar-refractivity contribution is -0.398. The largest absolute Gasteiger partial charge is 0.472 e. The third-order valence-electron chi connectivity index (χ3n) is 3.87. The number of aromatic nitrogens is 4. The lowest BCUT2D eigenvalue weighted by atomic mass is 10.1. The van der Waals surface area contributed by atoms with E-state index in [2.05, 4.69) is 19.5 Å². The smallest absolute Gasteiger partial charge is 0.390 e. The van der Waals surface area contributed by atoms with Gasteiger partial charge in [-0.25, -0.2) is 14.5 Å². The number of nitrogens with two attached hydrogens (primary N) is 1. The zero-order valence-electron chi connectivity index (χ0n) is 12.2. The van der Waals surface area contributed by atoms with Gasteiger partial charge in [0.25, 0.3) is 0 Å². The number of nitrogen functional groups attached to an aromatic ring is 1. The summed E-state index contributed by atoms with van der Waals surface area (Å²) in [6.07, 6.45) is -3.91. The molecule has 0 bridgehead atoms. The molecule has 5 unspecified atom stereocenters. The Hall–Kier alpha value is -2.22. The van der Waals surface area contributed by atoms with E-state index in [-0.39, 0.29) is 23.6 Å². The van der Waals surface area contributed by atoms with Crippen molar-refractivity contribution in [3.63, 3.8) is 0 Å². The number of aliphatic hydroxyl groups excluding tert-OH is 1. The molecule has 0 amide bonds. The van der Waals surface area contributed by atoms with E-state index in [0.717, 1.165) is 10.9 Å². The second-order valence-corrected chi connectivity index (χ2v) is 6.77. The molecule has 134 valence electrons. The fourth-order valence-corrected chi connectivity index (χ4v) is 3.79. The average molecular weight is 374 g/mol. The van der Waals surface area contributed by atoms with Crippen LogP contribution in [-0.4, -0.2) is 59.4 Å². The Balaban J connectivity index is 1.82.